The van der Waals surface area contributed by atoms with Crippen molar-refractivity contribution in [2.45, 2.75) is 36.4 Å². The number of fused-ring (bicyclic) bond motifs is 2. The van der Waals surface area contributed by atoms with Crippen molar-refractivity contribution < 1.29 is 34.0 Å². The number of hydrogen-bond acceptors (Lipinski definition) is 7. The average molecular weight is 323 g/mol. The lowest BCUT2D eigenvalue weighted by molar-refractivity contribution is -0.0279. The maximum absolute atomic E-state index is 11.6. The Morgan fingerprint density at radius 1 is 1.22 bits per heavy atom. The molecule has 124 valence electrons. The van der Waals surface area contributed by atoms with Crippen LogP contribution in [-0.2, 0) is 9.47 Å². The van der Waals surface area contributed by atoms with Crippen molar-refractivity contribution in [3.05, 3.63) is 23.8 Å². The van der Waals surface area contributed by atoms with Crippen molar-refractivity contribution in [1.29, 1.82) is 0 Å². The first-order valence-electron chi connectivity index (χ1n) is 7.36. The van der Waals surface area contributed by atoms with Gasteiger partial charge in [0, 0.05) is 5.92 Å². The third kappa shape index (κ3) is 2.30. The van der Waals surface area contributed by atoms with Crippen molar-refractivity contribution in [3.63, 3.8) is 0 Å². The summed E-state index contributed by atoms with van der Waals surface area (Å²) in [5, 5.41) is 23.0. The van der Waals surface area contributed by atoms with E-state index in [1.165, 1.54) is 7.11 Å². The number of amides is 1. The molecule has 3 aliphatic rings. The predicted molar refractivity (Wildman–Crippen MR) is 75.3 cm³/mol. The molecule has 2 heterocycles. The molecule has 1 saturated heterocycles. The number of epoxide rings is 1. The molecule has 8 heteroatoms. The second-order valence-electron chi connectivity index (χ2n) is 5.85. The second kappa shape index (κ2) is 5.26. The van der Waals surface area contributed by atoms with Crippen LogP contribution in [-0.4, -0.2) is 60.7 Å². The molecule has 8 nitrogen and oxygen atoms in total. The molecular formula is C15H17NO7. The molecule has 0 radical (unpaired) electrons. The summed E-state index contributed by atoms with van der Waals surface area (Å²) < 4.78 is 20.8. The van der Waals surface area contributed by atoms with Gasteiger partial charge in [-0.05, 0) is 17.7 Å². The van der Waals surface area contributed by atoms with Gasteiger partial charge >= 0.3 is 6.09 Å². The molecule has 6 atom stereocenters. The molecule has 1 aliphatic carbocycles. The van der Waals surface area contributed by atoms with E-state index in [1.807, 2.05) is 12.1 Å². The van der Waals surface area contributed by atoms with Crippen LogP contribution in [0.3, 0.4) is 0 Å². The standard InChI is InChI=1S/C15H17NO7/c1-20-15(19)16-10-9(13-14(23-13)12(18)11(10)17)6-2-3-7-8(4-6)22-5-21-7/h2-4,9-14,17-18H,5H2,1H3,(H,16,19)/t9-,10-,11+,12+,13-,14+/m0/s1. The summed E-state index contributed by atoms with van der Waals surface area (Å²) in [4.78, 5) is 11.6. The summed E-state index contributed by atoms with van der Waals surface area (Å²) in [5.41, 5.74) is 0.828. The highest BCUT2D eigenvalue weighted by atomic mass is 16.7. The number of rotatable bonds is 2. The summed E-state index contributed by atoms with van der Waals surface area (Å²) in [6.45, 7) is 0.164. The van der Waals surface area contributed by atoms with Gasteiger partial charge in [0.05, 0.1) is 19.3 Å². The smallest absolute Gasteiger partial charge is 0.407 e. The zero-order chi connectivity index (χ0) is 16.1. The number of carbonyl (C=O) groups excluding carboxylic acids is 1. The van der Waals surface area contributed by atoms with Crippen LogP contribution in [0.4, 0.5) is 4.79 Å². The lowest BCUT2D eigenvalue weighted by Gasteiger charge is -2.36. The number of hydrogen-bond donors (Lipinski definition) is 3. The van der Waals surface area contributed by atoms with Gasteiger partial charge in [0.15, 0.2) is 11.5 Å². The van der Waals surface area contributed by atoms with Gasteiger partial charge in [-0.15, -0.1) is 0 Å². The lowest BCUT2D eigenvalue weighted by Crippen LogP contribution is -2.57. The largest absolute Gasteiger partial charge is 0.454 e. The molecule has 2 fully saturated rings. The zero-order valence-electron chi connectivity index (χ0n) is 12.3. The molecule has 1 amide bonds. The Morgan fingerprint density at radius 2 is 2.00 bits per heavy atom. The first kappa shape index (κ1) is 14.6. The normalized spacial score (nSPS) is 37.0. The number of methoxy groups -OCH3 is 1. The molecule has 1 aromatic rings. The lowest BCUT2D eigenvalue weighted by atomic mass is 9.77. The van der Waals surface area contributed by atoms with Gasteiger partial charge in [-0.1, -0.05) is 6.07 Å². The van der Waals surface area contributed by atoms with E-state index in [9.17, 15) is 15.0 Å². The molecule has 0 bridgehead atoms. The van der Waals surface area contributed by atoms with E-state index < -0.39 is 30.4 Å². The second-order valence-corrected chi connectivity index (χ2v) is 5.85. The minimum Gasteiger partial charge on any atom is -0.454 e. The number of alkyl carbamates (subject to hydrolysis) is 1. The highest BCUT2D eigenvalue weighted by molar-refractivity contribution is 5.68. The van der Waals surface area contributed by atoms with Crippen molar-refractivity contribution in [3.8, 4) is 11.5 Å². The van der Waals surface area contributed by atoms with Crippen LogP contribution in [0.1, 0.15) is 11.5 Å². The number of nitrogens with one attached hydrogen (secondary N) is 1. The van der Waals surface area contributed by atoms with Gasteiger partial charge in [-0.2, -0.15) is 0 Å². The minimum atomic E-state index is -1.16. The van der Waals surface area contributed by atoms with E-state index in [-0.39, 0.29) is 18.8 Å². The molecule has 0 spiro atoms. The molecular weight excluding hydrogens is 306 g/mol. The van der Waals surface area contributed by atoms with Crippen LogP contribution in [0.2, 0.25) is 0 Å². The van der Waals surface area contributed by atoms with E-state index in [0.29, 0.717) is 11.5 Å². The highest BCUT2D eigenvalue weighted by Crippen LogP contribution is 2.48. The third-order valence-corrected chi connectivity index (χ3v) is 4.61. The Morgan fingerprint density at radius 3 is 2.78 bits per heavy atom. The quantitative estimate of drug-likeness (QED) is 0.642. The van der Waals surface area contributed by atoms with Crippen LogP contribution in [0.5, 0.6) is 11.5 Å². The van der Waals surface area contributed by atoms with Crippen LogP contribution >= 0.6 is 0 Å². The SMILES string of the molecule is COC(=O)N[C@@H]1[C@@H](O)[C@@H](O)[C@H]2O[C@H]2[C@H]1c1ccc2c(c1)OCO2. The Bertz CT molecular complexity index is 636. The minimum absolute atomic E-state index is 0.164. The maximum Gasteiger partial charge on any atom is 0.407 e. The van der Waals surface area contributed by atoms with Crippen LogP contribution < -0.4 is 14.8 Å². The molecule has 1 aromatic carbocycles. The van der Waals surface area contributed by atoms with Crippen LogP contribution in [0, 0.1) is 0 Å². The molecule has 4 rings (SSSR count). The van der Waals surface area contributed by atoms with Crippen LogP contribution in [0.15, 0.2) is 18.2 Å². The highest BCUT2D eigenvalue weighted by Gasteiger charge is 2.61. The average Bonchev–Trinajstić information content (AvgIpc) is 3.20. The Balaban J connectivity index is 1.67. The first-order valence-corrected chi connectivity index (χ1v) is 7.36. The molecule has 2 aliphatic heterocycles. The summed E-state index contributed by atoms with van der Waals surface area (Å²) in [5.74, 6) is 0.931. The van der Waals surface area contributed by atoms with E-state index in [0.717, 1.165) is 5.56 Å². The van der Waals surface area contributed by atoms with E-state index in [4.69, 9.17) is 14.2 Å². The topological polar surface area (TPSA) is 110 Å². The van der Waals surface area contributed by atoms with Gasteiger partial charge in [0.2, 0.25) is 6.79 Å². The van der Waals surface area contributed by atoms with Gasteiger partial charge in [-0.3, -0.25) is 0 Å². The van der Waals surface area contributed by atoms with Crippen molar-refractivity contribution in [2.75, 3.05) is 13.9 Å². The number of benzene rings is 1. The van der Waals surface area contributed by atoms with E-state index in [1.54, 1.807) is 6.07 Å². The third-order valence-electron chi connectivity index (χ3n) is 4.61. The number of aliphatic hydroxyl groups is 2. The van der Waals surface area contributed by atoms with Crippen LogP contribution in [0.25, 0.3) is 0 Å². The number of ether oxygens (including phenoxy) is 4. The fourth-order valence-electron chi connectivity index (χ4n) is 3.41. The zero-order valence-corrected chi connectivity index (χ0v) is 12.3. The molecule has 23 heavy (non-hydrogen) atoms. The summed E-state index contributed by atoms with van der Waals surface area (Å²) in [6.07, 6.45) is -3.60. The number of carbonyl (C=O) groups is 1. The maximum atomic E-state index is 11.6. The summed E-state index contributed by atoms with van der Waals surface area (Å²) in [6, 6.07) is 4.69. The molecule has 0 unspecified atom stereocenters. The Kier molecular flexibility index (Phi) is 3.33. The van der Waals surface area contributed by atoms with Crippen molar-refractivity contribution in [2.24, 2.45) is 0 Å². The fourth-order valence-corrected chi connectivity index (χ4v) is 3.41. The molecule has 3 N–H and O–H groups in total. The number of aliphatic hydroxyl groups excluding tert-OH is 2. The van der Waals surface area contributed by atoms with Gasteiger partial charge in [0.25, 0.3) is 0 Å². The van der Waals surface area contributed by atoms with Gasteiger partial charge < -0.3 is 34.5 Å². The van der Waals surface area contributed by atoms with Crippen molar-refractivity contribution >= 4 is 6.09 Å². The van der Waals surface area contributed by atoms with Gasteiger partial charge in [-0.25, -0.2) is 4.79 Å². The summed E-state index contributed by atoms with van der Waals surface area (Å²) in [7, 11) is 1.24. The van der Waals surface area contributed by atoms with E-state index in [2.05, 4.69) is 10.1 Å². The van der Waals surface area contributed by atoms with Crippen molar-refractivity contribution in [1.82, 2.24) is 5.32 Å². The Hall–Kier alpha value is -2.03. The fraction of sp³-hybridized carbons (Fsp3) is 0.533. The first-order chi connectivity index (χ1) is 11.1. The molecule has 0 aromatic heterocycles. The Labute approximate surface area is 131 Å². The summed E-state index contributed by atoms with van der Waals surface area (Å²) >= 11 is 0. The monoisotopic (exact) mass is 323 g/mol. The predicted octanol–water partition coefficient (Wildman–Crippen LogP) is -0.274. The van der Waals surface area contributed by atoms with Gasteiger partial charge in [0.1, 0.15) is 18.3 Å². The van der Waals surface area contributed by atoms with E-state index >= 15 is 0 Å². The molecule has 1 saturated carbocycles.